The zero-order valence-electron chi connectivity index (χ0n) is 10.4. The van der Waals surface area contributed by atoms with Gasteiger partial charge in [-0.05, 0) is 36.2 Å². The molecule has 0 N–H and O–H groups in total. The SMILES string of the molecule is Cc1cccc2oc(SCc3ccc(Cl)cc3)nc12. The third-order valence-corrected chi connectivity index (χ3v) is 4.03. The van der Waals surface area contributed by atoms with Crippen LogP contribution in [0.3, 0.4) is 0 Å². The lowest BCUT2D eigenvalue weighted by atomic mass is 10.2. The molecule has 0 saturated carbocycles. The molecule has 3 aromatic rings. The molecular formula is C15H12ClNOS. The molecule has 0 bridgehead atoms. The van der Waals surface area contributed by atoms with Crippen molar-refractivity contribution in [2.45, 2.75) is 17.9 Å². The summed E-state index contributed by atoms with van der Waals surface area (Å²) in [5.41, 5.74) is 4.13. The number of benzene rings is 2. The second-order valence-corrected chi connectivity index (χ2v) is 5.68. The lowest BCUT2D eigenvalue weighted by Gasteiger charge is -1.98. The zero-order chi connectivity index (χ0) is 13.2. The minimum atomic E-state index is 0.708. The van der Waals surface area contributed by atoms with Crippen LogP contribution in [0.5, 0.6) is 0 Å². The van der Waals surface area contributed by atoms with Gasteiger partial charge >= 0.3 is 0 Å². The summed E-state index contributed by atoms with van der Waals surface area (Å²) < 4.78 is 5.72. The summed E-state index contributed by atoms with van der Waals surface area (Å²) in [6.45, 7) is 2.04. The van der Waals surface area contributed by atoms with Gasteiger partial charge in [0.15, 0.2) is 5.58 Å². The summed E-state index contributed by atoms with van der Waals surface area (Å²) in [7, 11) is 0. The van der Waals surface area contributed by atoms with Gasteiger partial charge in [-0.15, -0.1) is 0 Å². The molecule has 0 aliphatic heterocycles. The Kier molecular flexibility index (Phi) is 3.49. The van der Waals surface area contributed by atoms with Crippen LogP contribution in [0.1, 0.15) is 11.1 Å². The molecule has 0 radical (unpaired) electrons. The number of aryl methyl sites for hydroxylation is 1. The quantitative estimate of drug-likeness (QED) is 0.629. The summed E-state index contributed by atoms with van der Waals surface area (Å²) in [5.74, 6) is 0.822. The van der Waals surface area contributed by atoms with Gasteiger partial charge in [-0.1, -0.05) is 47.6 Å². The van der Waals surface area contributed by atoms with Gasteiger partial charge in [0.1, 0.15) is 5.52 Å². The van der Waals surface area contributed by atoms with Crippen molar-refractivity contribution in [1.82, 2.24) is 4.98 Å². The lowest BCUT2D eigenvalue weighted by molar-refractivity contribution is 0.489. The van der Waals surface area contributed by atoms with Gasteiger partial charge in [-0.2, -0.15) is 0 Å². The van der Waals surface area contributed by atoms with E-state index in [1.165, 1.54) is 5.56 Å². The molecule has 0 fully saturated rings. The van der Waals surface area contributed by atoms with Crippen LogP contribution in [0, 0.1) is 6.92 Å². The Morgan fingerprint density at radius 2 is 1.95 bits per heavy atom. The fourth-order valence-electron chi connectivity index (χ4n) is 1.85. The number of thioether (sulfide) groups is 1. The summed E-state index contributed by atoms with van der Waals surface area (Å²) in [6, 6.07) is 13.8. The van der Waals surface area contributed by atoms with Gasteiger partial charge < -0.3 is 4.42 Å². The number of aromatic nitrogens is 1. The summed E-state index contributed by atoms with van der Waals surface area (Å²) in [5, 5.41) is 1.46. The number of rotatable bonds is 3. The first-order valence-electron chi connectivity index (χ1n) is 5.96. The second-order valence-electron chi connectivity index (χ2n) is 4.32. The Labute approximate surface area is 120 Å². The first kappa shape index (κ1) is 12.6. The van der Waals surface area contributed by atoms with Gasteiger partial charge in [0.05, 0.1) is 0 Å². The van der Waals surface area contributed by atoms with Crippen molar-refractivity contribution in [2.75, 3.05) is 0 Å². The van der Waals surface area contributed by atoms with E-state index in [0.29, 0.717) is 5.22 Å². The Hall–Kier alpha value is -1.45. The molecule has 0 unspecified atom stereocenters. The van der Waals surface area contributed by atoms with Crippen molar-refractivity contribution < 1.29 is 4.42 Å². The third kappa shape index (κ3) is 2.77. The highest BCUT2D eigenvalue weighted by Crippen LogP contribution is 2.27. The molecule has 3 rings (SSSR count). The van der Waals surface area contributed by atoms with Crippen molar-refractivity contribution in [3.8, 4) is 0 Å². The molecular weight excluding hydrogens is 278 g/mol. The lowest BCUT2D eigenvalue weighted by Crippen LogP contribution is -1.80. The highest BCUT2D eigenvalue weighted by molar-refractivity contribution is 7.98. The maximum atomic E-state index is 5.86. The van der Waals surface area contributed by atoms with Gasteiger partial charge in [0, 0.05) is 10.8 Å². The number of nitrogens with zero attached hydrogens (tertiary/aromatic N) is 1. The molecule has 2 aromatic carbocycles. The monoisotopic (exact) mass is 289 g/mol. The molecule has 0 atom stereocenters. The number of para-hydroxylation sites is 1. The minimum absolute atomic E-state index is 0.708. The maximum absolute atomic E-state index is 5.86. The van der Waals surface area contributed by atoms with E-state index in [1.807, 2.05) is 49.4 Å². The number of fused-ring (bicyclic) bond motifs is 1. The van der Waals surface area contributed by atoms with Crippen LogP contribution in [0.2, 0.25) is 5.02 Å². The van der Waals surface area contributed by atoms with Crippen molar-refractivity contribution in [1.29, 1.82) is 0 Å². The van der Waals surface area contributed by atoms with Crippen molar-refractivity contribution in [2.24, 2.45) is 0 Å². The Balaban J connectivity index is 1.78. The average Bonchev–Trinajstić information content (AvgIpc) is 2.83. The summed E-state index contributed by atoms with van der Waals surface area (Å²) in [6.07, 6.45) is 0. The van der Waals surface area contributed by atoms with Crippen LogP contribution < -0.4 is 0 Å². The van der Waals surface area contributed by atoms with E-state index in [-0.39, 0.29) is 0 Å². The fourth-order valence-corrected chi connectivity index (χ4v) is 2.77. The largest absolute Gasteiger partial charge is 0.431 e. The van der Waals surface area contributed by atoms with E-state index in [2.05, 4.69) is 4.98 Å². The fraction of sp³-hybridized carbons (Fsp3) is 0.133. The number of oxazole rings is 1. The number of hydrogen-bond donors (Lipinski definition) is 0. The molecule has 0 saturated heterocycles. The molecule has 0 amide bonds. The minimum Gasteiger partial charge on any atom is -0.431 e. The van der Waals surface area contributed by atoms with E-state index in [4.69, 9.17) is 16.0 Å². The number of halogens is 1. The van der Waals surface area contributed by atoms with Gasteiger partial charge in [0.25, 0.3) is 5.22 Å². The van der Waals surface area contributed by atoms with Crippen LogP contribution in [-0.4, -0.2) is 4.98 Å². The van der Waals surface area contributed by atoms with E-state index in [9.17, 15) is 0 Å². The second kappa shape index (κ2) is 5.27. The molecule has 0 spiro atoms. The summed E-state index contributed by atoms with van der Waals surface area (Å²) in [4.78, 5) is 4.52. The van der Waals surface area contributed by atoms with Crippen LogP contribution in [-0.2, 0) is 5.75 Å². The van der Waals surface area contributed by atoms with E-state index in [0.717, 1.165) is 27.4 Å². The van der Waals surface area contributed by atoms with E-state index >= 15 is 0 Å². The van der Waals surface area contributed by atoms with Crippen LogP contribution >= 0.6 is 23.4 Å². The molecule has 1 heterocycles. The van der Waals surface area contributed by atoms with Crippen molar-refractivity contribution in [3.63, 3.8) is 0 Å². The van der Waals surface area contributed by atoms with Gasteiger partial charge in [-0.3, -0.25) is 0 Å². The highest BCUT2D eigenvalue weighted by atomic mass is 35.5. The Bertz CT molecular complexity index is 706. The summed E-state index contributed by atoms with van der Waals surface area (Å²) >= 11 is 7.45. The number of hydrogen-bond acceptors (Lipinski definition) is 3. The first-order valence-corrected chi connectivity index (χ1v) is 7.32. The van der Waals surface area contributed by atoms with Crippen molar-refractivity contribution in [3.05, 3.63) is 58.6 Å². The van der Waals surface area contributed by atoms with E-state index < -0.39 is 0 Å². The molecule has 96 valence electrons. The highest BCUT2D eigenvalue weighted by Gasteiger charge is 2.08. The molecule has 0 aliphatic carbocycles. The smallest absolute Gasteiger partial charge is 0.257 e. The molecule has 2 nitrogen and oxygen atoms in total. The van der Waals surface area contributed by atoms with Gasteiger partial charge in [-0.25, -0.2) is 4.98 Å². The van der Waals surface area contributed by atoms with Crippen molar-refractivity contribution >= 4 is 34.5 Å². The molecule has 4 heteroatoms. The van der Waals surface area contributed by atoms with Crippen LogP contribution in [0.25, 0.3) is 11.1 Å². The normalized spacial score (nSPS) is 11.1. The van der Waals surface area contributed by atoms with Crippen LogP contribution in [0.4, 0.5) is 0 Å². The first-order chi connectivity index (χ1) is 9.22. The Morgan fingerprint density at radius 1 is 1.16 bits per heavy atom. The predicted octanol–water partition coefficient (Wildman–Crippen LogP) is 5.08. The standard InChI is InChI=1S/C15H12ClNOS/c1-10-3-2-4-13-14(10)17-15(18-13)19-9-11-5-7-12(16)8-6-11/h2-8H,9H2,1H3. The zero-order valence-corrected chi connectivity index (χ0v) is 12.0. The topological polar surface area (TPSA) is 26.0 Å². The van der Waals surface area contributed by atoms with Crippen LogP contribution in [0.15, 0.2) is 52.1 Å². The predicted molar refractivity (Wildman–Crippen MR) is 79.8 cm³/mol. The molecule has 19 heavy (non-hydrogen) atoms. The van der Waals surface area contributed by atoms with E-state index in [1.54, 1.807) is 11.8 Å². The van der Waals surface area contributed by atoms with Gasteiger partial charge in [0.2, 0.25) is 0 Å². The third-order valence-electron chi connectivity index (χ3n) is 2.88. The Morgan fingerprint density at radius 3 is 2.68 bits per heavy atom. The average molecular weight is 290 g/mol. The molecule has 1 aromatic heterocycles. The maximum Gasteiger partial charge on any atom is 0.257 e. The molecule has 0 aliphatic rings.